The standard InChI is InChI=1S/C20H22BrNO4/c1-20(2,3)22-19(24)14-11-17(26-5)16(25-4)10-13(14)18(23)12-8-6-7-9-15(12)21/h6-11H,1-5H3,(H,22,24). The van der Waals surface area contributed by atoms with Crippen molar-refractivity contribution in [1.29, 1.82) is 0 Å². The lowest BCUT2D eigenvalue weighted by atomic mass is 9.96. The number of nitrogens with one attached hydrogen (secondary N) is 1. The first-order valence-corrected chi connectivity index (χ1v) is 8.85. The van der Waals surface area contributed by atoms with Crippen molar-refractivity contribution in [3.05, 3.63) is 57.6 Å². The van der Waals surface area contributed by atoms with E-state index < -0.39 is 5.54 Å². The van der Waals surface area contributed by atoms with Crippen LogP contribution in [0.15, 0.2) is 40.9 Å². The lowest BCUT2D eigenvalue weighted by Crippen LogP contribution is -2.41. The van der Waals surface area contributed by atoms with Gasteiger partial charge in [0.2, 0.25) is 0 Å². The maximum absolute atomic E-state index is 13.1. The van der Waals surface area contributed by atoms with Crippen LogP contribution in [-0.2, 0) is 0 Å². The van der Waals surface area contributed by atoms with Crippen LogP contribution in [0, 0.1) is 0 Å². The van der Waals surface area contributed by atoms with E-state index in [2.05, 4.69) is 21.2 Å². The van der Waals surface area contributed by atoms with Crippen LogP contribution in [0.1, 0.15) is 47.1 Å². The van der Waals surface area contributed by atoms with Crippen molar-refractivity contribution >= 4 is 27.6 Å². The van der Waals surface area contributed by atoms with Gasteiger partial charge in [-0.15, -0.1) is 0 Å². The Morgan fingerprint density at radius 2 is 1.46 bits per heavy atom. The largest absolute Gasteiger partial charge is 0.493 e. The Morgan fingerprint density at radius 1 is 0.923 bits per heavy atom. The lowest BCUT2D eigenvalue weighted by molar-refractivity contribution is 0.0910. The Morgan fingerprint density at radius 3 is 1.96 bits per heavy atom. The van der Waals surface area contributed by atoms with Crippen molar-refractivity contribution in [2.45, 2.75) is 26.3 Å². The first-order valence-electron chi connectivity index (χ1n) is 8.05. The van der Waals surface area contributed by atoms with Crippen LogP contribution in [0.25, 0.3) is 0 Å². The van der Waals surface area contributed by atoms with Crippen molar-refractivity contribution in [2.75, 3.05) is 14.2 Å². The molecule has 0 saturated heterocycles. The SMILES string of the molecule is COc1cc(C(=O)NC(C)(C)C)c(C(=O)c2ccccc2Br)cc1OC. The molecule has 0 heterocycles. The van der Waals surface area contributed by atoms with Gasteiger partial charge in [0.15, 0.2) is 17.3 Å². The summed E-state index contributed by atoms with van der Waals surface area (Å²) >= 11 is 3.39. The Balaban J connectivity index is 2.64. The number of benzene rings is 2. The number of halogens is 1. The van der Waals surface area contributed by atoms with Gasteiger partial charge in [-0.3, -0.25) is 9.59 Å². The summed E-state index contributed by atoms with van der Waals surface area (Å²) in [5.74, 6) is 0.136. The van der Waals surface area contributed by atoms with Crippen LogP contribution in [0.2, 0.25) is 0 Å². The molecule has 0 bridgehead atoms. The van der Waals surface area contributed by atoms with Crippen molar-refractivity contribution in [3.8, 4) is 11.5 Å². The molecule has 5 nitrogen and oxygen atoms in total. The maximum Gasteiger partial charge on any atom is 0.252 e. The molecule has 0 spiro atoms. The summed E-state index contributed by atoms with van der Waals surface area (Å²) in [4.78, 5) is 25.9. The lowest BCUT2D eigenvalue weighted by Gasteiger charge is -2.22. The van der Waals surface area contributed by atoms with Gasteiger partial charge in [0.1, 0.15) is 0 Å². The van der Waals surface area contributed by atoms with E-state index in [-0.39, 0.29) is 22.8 Å². The molecule has 0 unspecified atom stereocenters. The molecule has 0 fully saturated rings. The third-order valence-corrected chi connectivity index (χ3v) is 4.31. The first kappa shape index (κ1) is 20.0. The quantitative estimate of drug-likeness (QED) is 0.736. The molecule has 0 saturated carbocycles. The van der Waals surface area contributed by atoms with Crippen molar-refractivity contribution < 1.29 is 19.1 Å². The molecule has 0 radical (unpaired) electrons. The Labute approximate surface area is 161 Å². The van der Waals surface area contributed by atoms with E-state index in [0.717, 1.165) is 0 Å². The number of methoxy groups -OCH3 is 2. The number of ether oxygens (including phenoxy) is 2. The highest BCUT2D eigenvalue weighted by molar-refractivity contribution is 9.10. The van der Waals surface area contributed by atoms with Crippen molar-refractivity contribution in [1.82, 2.24) is 5.32 Å². The highest BCUT2D eigenvalue weighted by Crippen LogP contribution is 2.33. The predicted octanol–water partition coefficient (Wildman–Crippen LogP) is 4.23. The monoisotopic (exact) mass is 419 g/mol. The summed E-state index contributed by atoms with van der Waals surface area (Å²) in [7, 11) is 2.97. The predicted molar refractivity (Wildman–Crippen MR) is 104 cm³/mol. The maximum atomic E-state index is 13.1. The summed E-state index contributed by atoms with van der Waals surface area (Å²) in [6.45, 7) is 5.63. The fourth-order valence-corrected chi connectivity index (χ4v) is 2.92. The Kier molecular flexibility index (Phi) is 6.08. The average Bonchev–Trinajstić information content (AvgIpc) is 2.58. The minimum Gasteiger partial charge on any atom is -0.493 e. The van der Waals surface area contributed by atoms with Crippen LogP contribution in [0.3, 0.4) is 0 Å². The summed E-state index contributed by atoms with van der Waals surface area (Å²) in [5.41, 5.74) is 0.497. The molecule has 0 aliphatic carbocycles. The van der Waals surface area contributed by atoms with Gasteiger partial charge in [0, 0.05) is 21.1 Å². The fraction of sp³-hybridized carbons (Fsp3) is 0.300. The molecular weight excluding hydrogens is 398 g/mol. The molecule has 2 aromatic carbocycles. The third-order valence-electron chi connectivity index (χ3n) is 3.62. The first-order chi connectivity index (χ1) is 12.2. The van der Waals surface area contributed by atoms with Gasteiger partial charge < -0.3 is 14.8 Å². The molecule has 0 aromatic heterocycles. The minimum absolute atomic E-state index is 0.235. The molecular formula is C20H22BrNO4. The fourth-order valence-electron chi connectivity index (χ4n) is 2.45. The zero-order valence-electron chi connectivity index (χ0n) is 15.5. The van der Waals surface area contributed by atoms with E-state index in [4.69, 9.17) is 9.47 Å². The number of ketones is 1. The van der Waals surface area contributed by atoms with E-state index in [1.807, 2.05) is 26.8 Å². The van der Waals surface area contributed by atoms with E-state index in [9.17, 15) is 9.59 Å². The second-order valence-electron chi connectivity index (χ2n) is 6.77. The van der Waals surface area contributed by atoms with Crippen LogP contribution < -0.4 is 14.8 Å². The number of hydrogen-bond acceptors (Lipinski definition) is 4. The van der Waals surface area contributed by atoms with Gasteiger partial charge in [-0.05, 0) is 45.0 Å². The van der Waals surface area contributed by atoms with Gasteiger partial charge in [0.25, 0.3) is 5.91 Å². The van der Waals surface area contributed by atoms with E-state index in [1.165, 1.54) is 26.4 Å². The van der Waals surface area contributed by atoms with Crippen molar-refractivity contribution in [3.63, 3.8) is 0 Å². The van der Waals surface area contributed by atoms with Crippen LogP contribution in [-0.4, -0.2) is 31.4 Å². The molecule has 138 valence electrons. The number of amides is 1. The number of hydrogen-bond donors (Lipinski definition) is 1. The second kappa shape index (κ2) is 7.91. The van der Waals surface area contributed by atoms with Gasteiger partial charge in [-0.2, -0.15) is 0 Å². The average molecular weight is 420 g/mol. The van der Waals surface area contributed by atoms with Gasteiger partial charge in [0.05, 0.1) is 19.8 Å². The molecule has 2 rings (SSSR count). The van der Waals surface area contributed by atoms with Gasteiger partial charge >= 0.3 is 0 Å². The van der Waals surface area contributed by atoms with E-state index >= 15 is 0 Å². The van der Waals surface area contributed by atoms with E-state index in [0.29, 0.717) is 21.5 Å². The smallest absolute Gasteiger partial charge is 0.252 e. The molecule has 6 heteroatoms. The van der Waals surface area contributed by atoms with Crippen LogP contribution in [0.4, 0.5) is 0 Å². The number of carbonyl (C=O) groups excluding carboxylic acids is 2. The topological polar surface area (TPSA) is 64.6 Å². The summed E-state index contributed by atoms with van der Waals surface area (Å²) in [5, 5.41) is 2.89. The summed E-state index contributed by atoms with van der Waals surface area (Å²) < 4.78 is 11.3. The zero-order valence-corrected chi connectivity index (χ0v) is 17.1. The Bertz CT molecular complexity index is 840. The van der Waals surface area contributed by atoms with Crippen molar-refractivity contribution in [2.24, 2.45) is 0 Å². The summed E-state index contributed by atoms with van der Waals surface area (Å²) in [6.07, 6.45) is 0. The second-order valence-corrected chi connectivity index (χ2v) is 7.62. The molecule has 0 aliphatic heterocycles. The third kappa shape index (κ3) is 4.43. The molecule has 1 amide bonds. The van der Waals surface area contributed by atoms with Gasteiger partial charge in [-0.1, -0.05) is 28.1 Å². The molecule has 0 aliphatic rings. The normalized spacial score (nSPS) is 11.0. The highest BCUT2D eigenvalue weighted by atomic mass is 79.9. The van der Waals surface area contributed by atoms with Gasteiger partial charge in [-0.25, -0.2) is 0 Å². The molecule has 26 heavy (non-hydrogen) atoms. The summed E-state index contributed by atoms with van der Waals surface area (Å²) in [6, 6.07) is 10.1. The molecule has 2 aromatic rings. The Hall–Kier alpha value is -2.34. The molecule has 1 N–H and O–H groups in total. The minimum atomic E-state index is -0.447. The van der Waals surface area contributed by atoms with E-state index in [1.54, 1.807) is 18.2 Å². The van der Waals surface area contributed by atoms with Crippen LogP contribution in [0.5, 0.6) is 11.5 Å². The number of carbonyl (C=O) groups is 2. The highest BCUT2D eigenvalue weighted by Gasteiger charge is 2.25. The molecule has 0 atom stereocenters. The van der Waals surface area contributed by atoms with Crippen LogP contribution >= 0.6 is 15.9 Å². The number of rotatable bonds is 5. The zero-order chi connectivity index (χ0) is 19.5.